The first-order valence-corrected chi connectivity index (χ1v) is 9.53. The second-order valence-corrected chi connectivity index (χ2v) is 6.84. The highest BCUT2D eigenvalue weighted by Crippen LogP contribution is 2.45. The molecule has 0 spiro atoms. The largest absolute Gasteiger partial charge is 0.377 e. The van der Waals surface area contributed by atoms with Crippen LogP contribution in [0.25, 0.3) is 0 Å². The predicted molar refractivity (Wildman–Crippen MR) is 108 cm³/mol. The van der Waals surface area contributed by atoms with Gasteiger partial charge in [0.2, 0.25) is 0 Å². The Morgan fingerprint density at radius 3 is 2.53 bits per heavy atom. The topological polar surface area (TPSA) is 89.6 Å². The first-order valence-electron chi connectivity index (χ1n) is 9.53. The number of hydrogen-bond donors (Lipinski definition) is 1. The van der Waals surface area contributed by atoms with E-state index in [0.717, 1.165) is 48.3 Å². The molecule has 34 heavy (non-hydrogen) atoms. The molecule has 2 aromatic heterocycles. The van der Waals surface area contributed by atoms with Crippen molar-refractivity contribution >= 4 is 0 Å². The van der Waals surface area contributed by atoms with Gasteiger partial charge in [0.25, 0.3) is 0 Å². The smallest absolute Gasteiger partial charge is 0.325 e. The van der Waals surface area contributed by atoms with E-state index in [4.69, 9.17) is 0 Å². The first kappa shape index (κ1) is 24.5. The Balaban J connectivity index is 2.00. The molecule has 0 bridgehead atoms. The second-order valence-electron chi connectivity index (χ2n) is 6.84. The minimum Gasteiger partial charge on any atom is -0.377 e. The first-order chi connectivity index (χ1) is 16.2. The van der Waals surface area contributed by atoms with Crippen molar-refractivity contribution in [3.63, 3.8) is 0 Å². The summed E-state index contributed by atoms with van der Waals surface area (Å²) < 4.78 is 71.8. The van der Waals surface area contributed by atoms with Crippen LogP contribution in [0.15, 0.2) is 54.1 Å². The van der Waals surface area contributed by atoms with Crippen LogP contribution >= 0.6 is 0 Å². The van der Waals surface area contributed by atoms with Gasteiger partial charge in [-0.2, -0.15) is 13.2 Å². The number of tetrazole rings is 1. The van der Waals surface area contributed by atoms with Crippen molar-refractivity contribution in [3.8, 4) is 11.8 Å². The number of nitrogens with zero attached hydrogens (tertiary/aromatic N) is 6. The second kappa shape index (κ2) is 10.2. The molecule has 174 valence electrons. The third-order valence-corrected chi connectivity index (χ3v) is 4.52. The van der Waals surface area contributed by atoms with Gasteiger partial charge in [0.15, 0.2) is 11.4 Å². The van der Waals surface area contributed by atoms with Gasteiger partial charge in [-0.1, -0.05) is 24.1 Å². The summed E-state index contributed by atoms with van der Waals surface area (Å²) in [5.74, 6) is -0.896. The molecule has 12 heteroatoms. The quantitative estimate of drug-likeness (QED) is 0.322. The highest BCUT2D eigenvalue weighted by Gasteiger charge is 2.58. The maximum absolute atomic E-state index is 15.6. The van der Waals surface area contributed by atoms with Gasteiger partial charge < -0.3 is 5.11 Å². The highest BCUT2D eigenvalue weighted by molar-refractivity contribution is 5.39. The van der Waals surface area contributed by atoms with Gasteiger partial charge >= 0.3 is 5.92 Å². The molecule has 1 atom stereocenters. The number of halogens is 5. The fourth-order valence-corrected chi connectivity index (χ4v) is 2.89. The summed E-state index contributed by atoms with van der Waals surface area (Å²) >= 11 is 0. The van der Waals surface area contributed by atoms with Crippen LogP contribution in [-0.2, 0) is 12.5 Å². The van der Waals surface area contributed by atoms with Crippen LogP contribution in [0.5, 0.6) is 0 Å². The molecule has 3 rings (SSSR count). The maximum Gasteiger partial charge on any atom is 0.325 e. The molecule has 1 unspecified atom stereocenters. The third kappa shape index (κ3) is 5.24. The lowest BCUT2D eigenvalue weighted by Crippen LogP contribution is -2.51. The average Bonchev–Trinajstić information content (AvgIpc) is 3.31. The molecule has 3 aromatic rings. The predicted octanol–water partition coefficient (Wildman–Crippen LogP) is 2.89. The zero-order valence-corrected chi connectivity index (χ0v) is 17.5. The van der Waals surface area contributed by atoms with E-state index in [1.165, 1.54) is 6.07 Å². The lowest BCUT2D eigenvalue weighted by atomic mass is 9.83. The number of aromatic nitrogens is 6. The Bertz CT molecular complexity index is 1230. The van der Waals surface area contributed by atoms with E-state index >= 15 is 8.78 Å². The lowest BCUT2D eigenvalue weighted by Gasteiger charge is -2.36. The molecule has 0 amide bonds. The Hall–Kier alpha value is -4.16. The van der Waals surface area contributed by atoms with Crippen LogP contribution in [0.1, 0.15) is 23.9 Å². The highest BCUT2D eigenvalue weighted by atomic mass is 19.3. The van der Waals surface area contributed by atoms with Crippen LogP contribution in [0.3, 0.4) is 0 Å². The Morgan fingerprint density at radius 1 is 1.18 bits per heavy atom. The molecular formula is C22H15F5N6O. The van der Waals surface area contributed by atoms with Crippen molar-refractivity contribution in [2.24, 2.45) is 0 Å². The fourth-order valence-electron chi connectivity index (χ4n) is 2.89. The van der Waals surface area contributed by atoms with Crippen molar-refractivity contribution in [2.45, 2.75) is 25.0 Å². The molecule has 0 fully saturated rings. The summed E-state index contributed by atoms with van der Waals surface area (Å²) in [5, 5.41) is 28.2. The third-order valence-electron chi connectivity index (χ3n) is 4.52. The summed E-state index contributed by atoms with van der Waals surface area (Å²) in [4.78, 5) is 0. The van der Waals surface area contributed by atoms with Gasteiger partial charge in [-0.05, 0) is 53.6 Å². The van der Waals surface area contributed by atoms with Gasteiger partial charge in [-0.3, -0.25) is 0 Å². The molecule has 0 radical (unpaired) electrons. The molecule has 0 saturated carbocycles. The van der Waals surface area contributed by atoms with Crippen LogP contribution in [0.2, 0.25) is 0 Å². The summed E-state index contributed by atoms with van der Waals surface area (Å²) in [6, 6.07) is 9.08. The van der Waals surface area contributed by atoms with Crippen molar-refractivity contribution < 1.29 is 27.1 Å². The van der Waals surface area contributed by atoms with Gasteiger partial charge in [-0.15, -0.1) is 15.3 Å². The molecular weight excluding hydrogens is 459 g/mol. The minimum atomic E-state index is -4.24. The monoisotopic (exact) mass is 474 g/mol. The number of allylic oxidation sites excluding steroid dienone is 2. The minimum absolute atomic E-state index is 0.0175. The summed E-state index contributed by atoms with van der Waals surface area (Å²) in [6.45, 7) is -1.23. The number of aliphatic hydroxyl groups is 1. The molecule has 0 saturated heterocycles. The van der Waals surface area contributed by atoms with E-state index in [9.17, 15) is 18.3 Å². The fraction of sp³-hybridized carbons (Fsp3) is 0.227. The molecule has 2 heterocycles. The van der Waals surface area contributed by atoms with Gasteiger partial charge in [-0.25, -0.2) is 13.5 Å². The van der Waals surface area contributed by atoms with Gasteiger partial charge in [0, 0.05) is 5.57 Å². The van der Waals surface area contributed by atoms with Crippen molar-refractivity contribution in [1.82, 2.24) is 30.4 Å². The molecule has 0 aliphatic heterocycles. The summed E-state index contributed by atoms with van der Waals surface area (Å²) in [7, 11) is 0. The number of rotatable bonds is 7. The summed E-state index contributed by atoms with van der Waals surface area (Å²) in [5.41, 5.74) is -4.91. The van der Waals surface area contributed by atoms with Crippen molar-refractivity contribution in [2.75, 3.05) is 6.67 Å². The Morgan fingerprint density at radius 2 is 1.97 bits per heavy atom. The molecule has 1 aromatic carbocycles. The normalized spacial score (nSPS) is 14.1. The zero-order valence-electron chi connectivity index (χ0n) is 17.5. The van der Waals surface area contributed by atoms with Crippen molar-refractivity contribution in [1.29, 1.82) is 0 Å². The summed E-state index contributed by atoms with van der Waals surface area (Å²) in [6.07, 6.45) is 2.43. The average molecular weight is 474 g/mol. The van der Waals surface area contributed by atoms with E-state index in [-0.39, 0.29) is 11.3 Å². The van der Waals surface area contributed by atoms with Crippen LogP contribution in [0, 0.1) is 29.8 Å². The van der Waals surface area contributed by atoms with Gasteiger partial charge in [0.1, 0.15) is 30.2 Å². The Labute approximate surface area is 190 Å². The Kier molecular flexibility index (Phi) is 7.34. The van der Waals surface area contributed by atoms with Gasteiger partial charge in [0.05, 0.1) is 12.1 Å². The molecule has 1 N–H and O–H groups in total. The lowest BCUT2D eigenvalue weighted by molar-refractivity contribution is -0.177. The van der Waals surface area contributed by atoms with E-state index in [0.29, 0.717) is 0 Å². The van der Waals surface area contributed by atoms with Crippen LogP contribution in [-0.4, -0.2) is 47.8 Å². The van der Waals surface area contributed by atoms with Crippen LogP contribution < -0.4 is 0 Å². The zero-order chi connectivity index (χ0) is 24.8. The van der Waals surface area contributed by atoms with E-state index < -0.39 is 47.7 Å². The maximum atomic E-state index is 15.6. The van der Waals surface area contributed by atoms with Crippen LogP contribution in [0.4, 0.5) is 22.0 Å². The molecule has 0 aliphatic carbocycles. The standard InChI is InChI=1S/C22H15F5N6O/c1-15(24)19(3-2-12-23)21(34,13-33-14-28-31-32-33)22(26,27)20-11-10-18(29-30-20)9-6-16-4-7-17(25)8-5-16/h2-4,7,10-11,14,34H,12-13H2,1H3/b3-2-,19-15-. The molecule has 7 nitrogen and oxygen atoms in total. The van der Waals surface area contributed by atoms with E-state index in [1.54, 1.807) is 0 Å². The van der Waals surface area contributed by atoms with Crippen molar-refractivity contribution in [3.05, 3.63) is 89.0 Å². The number of alkyl halides is 3. The molecule has 0 aliphatic rings. The number of hydrogen-bond acceptors (Lipinski definition) is 6. The van der Waals surface area contributed by atoms with E-state index in [1.807, 2.05) is 0 Å². The SMILES string of the molecule is C/C(F)=C(\C=C/CF)C(O)(Cn1cnnn1)C(F)(F)c1ccc(C#Cc2c#cc(F)cc2)nn1. The van der Waals surface area contributed by atoms with E-state index in [2.05, 4.69) is 49.7 Å².